The van der Waals surface area contributed by atoms with Crippen molar-refractivity contribution in [1.29, 1.82) is 0 Å². The second kappa shape index (κ2) is 3.34. The fraction of sp³-hybridized carbons (Fsp3) is 0.400. The highest BCUT2D eigenvalue weighted by molar-refractivity contribution is 5.56. The van der Waals surface area contributed by atoms with Gasteiger partial charge in [-0.15, -0.1) is 0 Å². The van der Waals surface area contributed by atoms with Gasteiger partial charge in [0.05, 0.1) is 16.6 Å². The Morgan fingerprint density at radius 1 is 1.38 bits per heavy atom. The molecule has 1 atom stereocenters. The molecule has 0 saturated carbocycles. The van der Waals surface area contributed by atoms with Gasteiger partial charge in [0, 0.05) is 6.04 Å². The summed E-state index contributed by atoms with van der Waals surface area (Å²) in [5, 5.41) is 14.1. The quantitative estimate of drug-likeness (QED) is 0.604. The average Bonchev–Trinajstić information content (AvgIpc) is 2.60. The zero-order valence-electron chi connectivity index (χ0n) is 8.43. The molecule has 0 radical (unpaired) electrons. The molecule has 0 bridgehead atoms. The lowest BCUT2D eigenvalue weighted by atomic mass is 9.96. The van der Waals surface area contributed by atoms with Gasteiger partial charge in [-0.05, 0) is 19.0 Å². The van der Waals surface area contributed by atoms with Crippen molar-refractivity contribution in [3.63, 3.8) is 0 Å². The maximum Gasteiger partial charge on any atom is 0.278 e. The maximum absolute atomic E-state index is 10.9. The number of hydrogen-bond donors (Lipinski definition) is 1. The van der Waals surface area contributed by atoms with Gasteiger partial charge in [-0.2, -0.15) is 0 Å². The van der Waals surface area contributed by atoms with Crippen LogP contribution >= 0.6 is 0 Å². The molecule has 0 aliphatic carbocycles. The lowest BCUT2D eigenvalue weighted by Gasteiger charge is -2.27. The number of nitrogens with one attached hydrogen (secondary N) is 1. The predicted molar refractivity (Wildman–Crippen MR) is 54.6 cm³/mol. The number of nitrogens with zero attached hydrogens (tertiary/aromatic N) is 1. The summed E-state index contributed by atoms with van der Waals surface area (Å²) in [6.07, 6.45) is 0.917. The molecule has 16 heavy (non-hydrogen) atoms. The van der Waals surface area contributed by atoms with Gasteiger partial charge in [0.25, 0.3) is 5.69 Å². The minimum absolute atomic E-state index is 0.0647. The molecule has 2 heterocycles. The summed E-state index contributed by atoms with van der Waals surface area (Å²) in [5.41, 5.74) is 0.780. The van der Waals surface area contributed by atoms with Crippen molar-refractivity contribution in [2.45, 2.75) is 12.5 Å². The highest BCUT2D eigenvalue weighted by Gasteiger charge is 2.30. The number of ether oxygens (including phenoxy) is 2. The summed E-state index contributed by atoms with van der Waals surface area (Å²) in [6, 6.07) is 3.21. The summed E-state index contributed by atoms with van der Waals surface area (Å²) in [4.78, 5) is 10.6. The summed E-state index contributed by atoms with van der Waals surface area (Å²) in [5.74, 6) is 1.05. The van der Waals surface area contributed by atoms with Crippen LogP contribution in [0.1, 0.15) is 18.0 Å². The summed E-state index contributed by atoms with van der Waals surface area (Å²) in [7, 11) is 0. The van der Waals surface area contributed by atoms with E-state index in [0.29, 0.717) is 17.1 Å². The Morgan fingerprint density at radius 2 is 2.06 bits per heavy atom. The van der Waals surface area contributed by atoms with E-state index < -0.39 is 0 Å². The first kappa shape index (κ1) is 9.41. The molecule has 0 unspecified atom stereocenters. The van der Waals surface area contributed by atoms with E-state index >= 15 is 0 Å². The van der Waals surface area contributed by atoms with Gasteiger partial charge in [-0.3, -0.25) is 10.1 Å². The van der Waals surface area contributed by atoms with Gasteiger partial charge >= 0.3 is 0 Å². The van der Waals surface area contributed by atoms with E-state index in [1.165, 1.54) is 6.07 Å². The Morgan fingerprint density at radius 3 is 2.62 bits per heavy atom. The monoisotopic (exact) mass is 222 g/mol. The number of benzene rings is 1. The Bertz CT molecular complexity index is 456. The van der Waals surface area contributed by atoms with Crippen molar-refractivity contribution >= 4 is 5.69 Å². The normalized spacial score (nSPS) is 21.6. The van der Waals surface area contributed by atoms with Gasteiger partial charge in [0.2, 0.25) is 6.79 Å². The predicted octanol–water partition coefficient (Wildman–Crippen LogP) is 1.36. The number of rotatable bonds is 2. The van der Waals surface area contributed by atoms with E-state index in [1.54, 1.807) is 6.07 Å². The van der Waals surface area contributed by atoms with Gasteiger partial charge in [-0.25, -0.2) is 0 Å². The van der Waals surface area contributed by atoms with Gasteiger partial charge in [0.15, 0.2) is 11.5 Å². The van der Waals surface area contributed by atoms with E-state index in [1.807, 2.05) is 0 Å². The van der Waals surface area contributed by atoms with Crippen molar-refractivity contribution in [3.05, 3.63) is 27.8 Å². The van der Waals surface area contributed by atoms with Crippen molar-refractivity contribution in [2.75, 3.05) is 13.3 Å². The third-order valence-corrected chi connectivity index (χ3v) is 2.92. The van der Waals surface area contributed by atoms with Crippen LogP contribution in [0.3, 0.4) is 0 Å². The maximum atomic E-state index is 10.9. The minimum Gasteiger partial charge on any atom is -0.454 e. The first-order chi connectivity index (χ1) is 7.75. The second-order valence-electron chi connectivity index (χ2n) is 3.82. The average molecular weight is 222 g/mol. The van der Waals surface area contributed by atoms with Crippen molar-refractivity contribution in [1.82, 2.24) is 5.32 Å². The van der Waals surface area contributed by atoms with Crippen LogP contribution in [0.15, 0.2) is 12.1 Å². The van der Waals surface area contributed by atoms with E-state index in [9.17, 15) is 10.1 Å². The molecule has 3 rings (SSSR count). The van der Waals surface area contributed by atoms with Crippen LogP contribution < -0.4 is 14.8 Å². The Hall–Kier alpha value is -1.82. The molecule has 1 fully saturated rings. The molecule has 84 valence electrons. The van der Waals surface area contributed by atoms with Crippen molar-refractivity contribution in [2.24, 2.45) is 0 Å². The van der Waals surface area contributed by atoms with Crippen molar-refractivity contribution < 1.29 is 14.4 Å². The summed E-state index contributed by atoms with van der Waals surface area (Å²) < 4.78 is 10.3. The van der Waals surface area contributed by atoms with E-state index in [0.717, 1.165) is 13.0 Å². The fourth-order valence-corrected chi connectivity index (χ4v) is 1.94. The molecule has 6 nitrogen and oxygen atoms in total. The molecule has 2 aliphatic rings. The van der Waals surface area contributed by atoms with Crippen LogP contribution in [0.25, 0.3) is 0 Å². The molecule has 0 spiro atoms. The lowest BCUT2D eigenvalue weighted by molar-refractivity contribution is -0.386. The summed E-state index contributed by atoms with van der Waals surface area (Å²) in [6.45, 7) is 1.03. The molecule has 1 N–H and O–H groups in total. The topological polar surface area (TPSA) is 73.6 Å². The van der Waals surface area contributed by atoms with E-state index in [4.69, 9.17) is 9.47 Å². The summed E-state index contributed by atoms with van der Waals surface area (Å²) >= 11 is 0. The molecular formula is C10H10N2O4. The number of hydrogen-bond acceptors (Lipinski definition) is 5. The Balaban J connectivity index is 2.09. The Labute approximate surface area is 91.3 Å². The molecule has 1 aromatic rings. The molecule has 1 saturated heterocycles. The number of fused-ring (bicyclic) bond motifs is 1. The van der Waals surface area contributed by atoms with Crippen molar-refractivity contribution in [3.8, 4) is 11.5 Å². The number of nitro benzene ring substituents is 1. The molecule has 0 amide bonds. The zero-order chi connectivity index (χ0) is 11.1. The molecule has 0 aromatic heterocycles. The largest absolute Gasteiger partial charge is 0.454 e. The smallest absolute Gasteiger partial charge is 0.278 e. The van der Waals surface area contributed by atoms with E-state index in [-0.39, 0.29) is 23.4 Å². The zero-order valence-corrected chi connectivity index (χ0v) is 8.43. The third kappa shape index (κ3) is 1.30. The van der Waals surface area contributed by atoms with E-state index in [2.05, 4.69) is 5.32 Å². The minimum atomic E-state index is -0.378. The highest BCUT2D eigenvalue weighted by atomic mass is 16.7. The van der Waals surface area contributed by atoms with Gasteiger partial charge in [-0.1, -0.05) is 0 Å². The first-order valence-electron chi connectivity index (χ1n) is 5.07. The first-order valence-corrected chi connectivity index (χ1v) is 5.07. The highest BCUT2D eigenvalue weighted by Crippen LogP contribution is 2.41. The molecule has 2 aliphatic heterocycles. The molecular weight excluding hydrogens is 212 g/mol. The Kier molecular flexibility index (Phi) is 1.97. The van der Waals surface area contributed by atoms with Crippen LogP contribution in [0.5, 0.6) is 11.5 Å². The van der Waals surface area contributed by atoms with Gasteiger partial charge < -0.3 is 14.8 Å². The SMILES string of the molecule is O=[N+]([O-])c1cc2c(cc1[C@@H]1CCN1)OCO2. The van der Waals surface area contributed by atoms with Crippen LogP contribution in [-0.2, 0) is 0 Å². The standard InChI is InChI=1S/C10H10N2O4/c13-12(14)8-4-10-9(15-5-16-10)3-6(8)7-1-2-11-7/h3-4,7,11H,1-2,5H2/t7-/m0/s1. The lowest BCUT2D eigenvalue weighted by Crippen LogP contribution is -2.35. The van der Waals surface area contributed by atoms with Crippen LogP contribution in [0.2, 0.25) is 0 Å². The second-order valence-corrected chi connectivity index (χ2v) is 3.82. The number of nitro groups is 1. The van der Waals surface area contributed by atoms with Gasteiger partial charge in [0.1, 0.15) is 0 Å². The van der Waals surface area contributed by atoms with Crippen LogP contribution in [0.4, 0.5) is 5.69 Å². The molecule has 6 heteroatoms. The van der Waals surface area contributed by atoms with Crippen LogP contribution in [0, 0.1) is 10.1 Å². The van der Waals surface area contributed by atoms with Crippen LogP contribution in [-0.4, -0.2) is 18.3 Å². The molecule has 1 aromatic carbocycles. The third-order valence-electron chi connectivity index (χ3n) is 2.92. The fourth-order valence-electron chi connectivity index (χ4n) is 1.94.